The molecule has 0 fully saturated rings. The van der Waals surface area contributed by atoms with E-state index in [4.69, 9.17) is 15.3 Å². The van der Waals surface area contributed by atoms with Gasteiger partial charge in [0.05, 0.1) is 17.3 Å². The van der Waals surface area contributed by atoms with Gasteiger partial charge in [-0.25, -0.2) is 9.78 Å². The molecule has 3 heterocycles. The summed E-state index contributed by atoms with van der Waals surface area (Å²) in [5.74, 6) is 2.85. The molecule has 1 amide bonds. The highest BCUT2D eigenvalue weighted by molar-refractivity contribution is 6.03. The van der Waals surface area contributed by atoms with Gasteiger partial charge < -0.3 is 20.4 Å². The van der Waals surface area contributed by atoms with E-state index in [1.54, 1.807) is 0 Å². The van der Waals surface area contributed by atoms with Crippen molar-refractivity contribution in [3.05, 3.63) is 47.8 Å². The number of aromatic nitrogens is 2. The molecule has 0 saturated heterocycles. The Labute approximate surface area is 140 Å². The highest BCUT2D eigenvalue weighted by Gasteiger charge is 2.19. The predicted octanol–water partition coefficient (Wildman–Crippen LogP) is 1.03. The molecule has 0 aromatic carbocycles. The van der Waals surface area contributed by atoms with Crippen molar-refractivity contribution in [1.29, 1.82) is 0 Å². The van der Waals surface area contributed by atoms with Gasteiger partial charge in [0, 0.05) is 28.9 Å². The lowest BCUT2D eigenvalue weighted by atomic mass is 10.0. The van der Waals surface area contributed by atoms with Crippen molar-refractivity contribution in [1.82, 2.24) is 9.97 Å². The number of furan rings is 1. The number of amides is 1. The molecule has 0 aliphatic heterocycles. The van der Waals surface area contributed by atoms with Crippen LogP contribution in [-0.4, -0.2) is 38.7 Å². The van der Waals surface area contributed by atoms with Crippen LogP contribution in [-0.2, 0) is 0 Å². The fraction of sp³-hybridized carbons (Fsp3) is 0.0588. The molecule has 124 valence electrons. The molecule has 0 saturated carbocycles. The first-order valence-corrected chi connectivity index (χ1v) is 7.02. The van der Waals surface area contributed by atoms with Gasteiger partial charge in [-0.1, -0.05) is 11.8 Å². The average Bonchev–Trinajstić information content (AvgIpc) is 3.08. The Morgan fingerprint density at radius 2 is 2.08 bits per heavy atom. The van der Waals surface area contributed by atoms with Crippen LogP contribution in [0.3, 0.4) is 0 Å². The Hall–Kier alpha value is -3.70. The summed E-state index contributed by atoms with van der Waals surface area (Å²) in [6.45, 7) is -0.410. The number of rotatable bonds is 3. The number of nitrogens with zero attached hydrogens (tertiary/aromatic N) is 2. The van der Waals surface area contributed by atoms with E-state index in [0.717, 1.165) is 0 Å². The number of carbonyl (C=O) groups excluding carboxylic acids is 1. The third-order valence-electron chi connectivity index (χ3n) is 3.41. The molecule has 0 bridgehead atoms. The number of hydrogen-bond donors (Lipinski definition) is 3. The monoisotopic (exact) mass is 337 g/mol. The van der Waals surface area contributed by atoms with Crippen molar-refractivity contribution in [2.75, 3.05) is 6.61 Å². The van der Waals surface area contributed by atoms with Crippen molar-refractivity contribution in [2.24, 2.45) is 5.73 Å². The van der Waals surface area contributed by atoms with Crippen LogP contribution in [0, 0.1) is 11.8 Å². The van der Waals surface area contributed by atoms with Crippen molar-refractivity contribution in [3.8, 4) is 23.0 Å². The molecule has 0 atom stereocenters. The summed E-state index contributed by atoms with van der Waals surface area (Å²) >= 11 is 0. The van der Waals surface area contributed by atoms with Crippen LogP contribution in [0.2, 0.25) is 0 Å². The Balaban J connectivity index is 2.32. The Kier molecular flexibility index (Phi) is 4.16. The number of carboxylic acids is 1. The van der Waals surface area contributed by atoms with Gasteiger partial charge in [-0.2, -0.15) is 0 Å². The molecule has 25 heavy (non-hydrogen) atoms. The minimum atomic E-state index is -1.27. The topological polar surface area (TPSA) is 140 Å². The number of primary amides is 1. The molecule has 0 aliphatic rings. The number of nitrogens with two attached hydrogens (primary N) is 1. The average molecular weight is 337 g/mol. The fourth-order valence-corrected chi connectivity index (χ4v) is 2.40. The van der Waals surface area contributed by atoms with Crippen molar-refractivity contribution in [3.63, 3.8) is 0 Å². The molecule has 8 nitrogen and oxygen atoms in total. The predicted molar refractivity (Wildman–Crippen MR) is 86.7 cm³/mol. The second-order valence-electron chi connectivity index (χ2n) is 4.94. The summed E-state index contributed by atoms with van der Waals surface area (Å²) in [5.41, 5.74) is 6.25. The van der Waals surface area contributed by atoms with Gasteiger partial charge in [0.15, 0.2) is 11.5 Å². The summed E-state index contributed by atoms with van der Waals surface area (Å²) in [7, 11) is 0. The minimum Gasteiger partial charge on any atom is -0.476 e. The summed E-state index contributed by atoms with van der Waals surface area (Å²) in [4.78, 5) is 31.2. The van der Waals surface area contributed by atoms with E-state index in [0.29, 0.717) is 22.0 Å². The number of carbonyl (C=O) groups is 2. The van der Waals surface area contributed by atoms with Gasteiger partial charge in [-0.3, -0.25) is 9.78 Å². The molecule has 3 rings (SSSR count). The lowest BCUT2D eigenvalue weighted by Crippen LogP contribution is -2.11. The third-order valence-corrected chi connectivity index (χ3v) is 3.41. The smallest absolute Gasteiger partial charge is 0.355 e. The highest BCUT2D eigenvalue weighted by Crippen LogP contribution is 2.30. The van der Waals surface area contributed by atoms with Crippen LogP contribution in [0.25, 0.3) is 22.0 Å². The first kappa shape index (κ1) is 16.2. The van der Waals surface area contributed by atoms with E-state index in [1.165, 1.54) is 30.8 Å². The van der Waals surface area contributed by atoms with Crippen LogP contribution in [0.5, 0.6) is 0 Å². The van der Waals surface area contributed by atoms with Gasteiger partial charge in [0.25, 0.3) is 5.91 Å². The Morgan fingerprint density at radius 1 is 1.28 bits per heavy atom. The van der Waals surface area contributed by atoms with Gasteiger partial charge in [0.1, 0.15) is 6.61 Å². The second-order valence-corrected chi connectivity index (χ2v) is 4.94. The number of aromatic carboxylic acids is 1. The van der Waals surface area contributed by atoms with Crippen LogP contribution in [0.1, 0.15) is 26.6 Å². The molecule has 0 aliphatic carbocycles. The third kappa shape index (κ3) is 2.91. The van der Waals surface area contributed by atoms with Gasteiger partial charge in [0.2, 0.25) is 0 Å². The van der Waals surface area contributed by atoms with Crippen LogP contribution in [0.4, 0.5) is 0 Å². The Bertz CT molecular complexity index is 1060. The van der Waals surface area contributed by atoms with Crippen LogP contribution in [0.15, 0.2) is 35.2 Å². The molecule has 8 heteroatoms. The van der Waals surface area contributed by atoms with E-state index in [-0.39, 0.29) is 17.0 Å². The van der Waals surface area contributed by atoms with Gasteiger partial charge in [-0.15, -0.1) is 0 Å². The van der Waals surface area contributed by atoms with E-state index in [9.17, 15) is 14.7 Å². The zero-order valence-corrected chi connectivity index (χ0v) is 12.7. The standard InChI is InChI=1S/C17H11N3O5/c18-16(22)15-11(3-5-25-15)12-8-19-7-10-6-9(2-1-4-21)14(17(23)24)20-13(10)12/h3,5-8,21H,4H2,(H2,18,22)(H,23,24). The minimum absolute atomic E-state index is 0.0721. The molecular weight excluding hydrogens is 326 g/mol. The van der Waals surface area contributed by atoms with Gasteiger partial charge >= 0.3 is 5.97 Å². The molecular formula is C17H11N3O5. The van der Waals surface area contributed by atoms with E-state index < -0.39 is 18.5 Å². The zero-order valence-electron chi connectivity index (χ0n) is 12.7. The summed E-state index contributed by atoms with van der Waals surface area (Å²) < 4.78 is 5.09. The largest absolute Gasteiger partial charge is 0.476 e. The first-order chi connectivity index (χ1) is 12.0. The number of aliphatic hydroxyl groups is 1. The van der Waals surface area contributed by atoms with Crippen molar-refractivity contribution in [2.45, 2.75) is 0 Å². The van der Waals surface area contributed by atoms with Crippen molar-refractivity contribution >= 4 is 22.8 Å². The lowest BCUT2D eigenvalue weighted by molar-refractivity contribution is 0.0690. The van der Waals surface area contributed by atoms with Crippen molar-refractivity contribution < 1.29 is 24.2 Å². The van der Waals surface area contributed by atoms with E-state index >= 15 is 0 Å². The molecule has 3 aromatic heterocycles. The summed E-state index contributed by atoms with van der Waals surface area (Å²) in [5, 5.41) is 18.7. The maximum atomic E-state index is 11.5. The van der Waals surface area contributed by atoms with Gasteiger partial charge in [-0.05, 0) is 12.1 Å². The van der Waals surface area contributed by atoms with E-state index in [1.807, 2.05) is 0 Å². The van der Waals surface area contributed by atoms with Crippen LogP contribution >= 0.6 is 0 Å². The molecule has 0 spiro atoms. The quantitative estimate of drug-likeness (QED) is 0.606. The molecule has 4 N–H and O–H groups in total. The van der Waals surface area contributed by atoms with Crippen LogP contribution < -0.4 is 5.73 Å². The second kappa shape index (κ2) is 6.43. The highest BCUT2D eigenvalue weighted by atomic mass is 16.4. The summed E-state index contributed by atoms with van der Waals surface area (Å²) in [6, 6.07) is 3.03. The Morgan fingerprint density at radius 3 is 2.76 bits per heavy atom. The lowest BCUT2D eigenvalue weighted by Gasteiger charge is -2.07. The number of hydrogen-bond acceptors (Lipinski definition) is 6. The fourth-order valence-electron chi connectivity index (χ4n) is 2.40. The van der Waals surface area contributed by atoms with E-state index in [2.05, 4.69) is 21.8 Å². The maximum absolute atomic E-state index is 11.5. The number of pyridine rings is 2. The number of carboxylic acid groups (broad SMARTS) is 1. The molecule has 3 aromatic rings. The zero-order chi connectivity index (χ0) is 18.0. The molecule has 0 unspecified atom stereocenters. The first-order valence-electron chi connectivity index (χ1n) is 7.02. The maximum Gasteiger partial charge on any atom is 0.355 e. The summed E-state index contributed by atoms with van der Waals surface area (Å²) in [6.07, 6.45) is 4.23. The SMILES string of the molecule is NC(=O)c1occc1-c1cncc2cc(C#CCO)c(C(=O)O)nc12. The normalized spacial score (nSPS) is 10.3. The number of aliphatic hydroxyl groups excluding tert-OH is 1. The number of fused-ring (bicyclic) bond motifs is 1. The molecule has 0 radical (unpaired) electrons.